The van der Waals surface area contributed by atoms with Gasteiger partial charge >= 0.3 is 6.09 Å². The molecule has 1 fully saturated rings. The number of thiophene rings is 1. The quantitative estimate of drug-likeness (QED) is 0.142. The molecule has 1 saturated heterocycles. The molecule has 44 heavy (non-hydrogen) atoms. The van der Waals surface area contributed by atoms with Gasteiger partial charge in [0.05, 0.1) is 16.2 Å². The van der Waals surface area contributed by atoms with Crippen molar-refractivity contribution >= 4 is 46.9 Å². The molecule has 1 aromatic carbocycles. The molecule has 0 spiro atoms. The Hall–Kier alpha value is -3.81. The van der Waals surface area contributed by atoms with Gasteiger partial charge in [-0.25, -0.2) is 9.78 Å². The molecule has 3 heterocycles. The summed E-state index contributed by atoms with van der Waals surface area (Å²) in [5.74, 6) is 0.369. The first-order valence-corrected chi connectivity index (χ1v) is 15.9. The van der Waals surface area contributed by atoms with Crippen LogP contribution in [0, 0.1) is 12.3 Å². The first kappa shape index (κ1) is 33.1. The van der Waals surface area contributed by atoms with Crippen molar-refractivity contribution in [1.29, 1.82) is 5.41 Å². The summed E-state index contributed by atoms with van der Waals surface area (Å²) in [6, 6.07) is 9.28. The fourth-order valence-corrected chi connectivity index (χ4v) is 6.24. The number of rotatable bonds is 8. The van der Waals surface area contributed by atoms with E-state index >= 15 is 0 Å². The summed E-state index contributed by atoms with van der Waals surface area (Å²) in [5.41, 5.74) is 1.29. The standard InChI is InChI=1S/C31H39N5O6S2/c1-20-23(16-25(44-20)27(32)36(19-37)42-31(5,6)7)28-33-24(18-43-28)21-9-8-10-22(15-21)40-17-26(38)34-11-13-35(14-12-34)29(39)41-30(2,3)4/h8-10,15-16,18-19,32H,11-14,17H2,1-7H3. The van der Waals surface area contributed by atoms with Crippen LogP contribution in [0.4, 0.5) is 4.79 Å². The van der Waals surface area contributed by atoms with Crippen molar-refractivity contribution in [3.63, 3.8) is 0 Å². The van der Waals surface area contributed by atoms with Gasteiger partial charge in [-0.3, -0.25) is 19.8 Å². The molecule has 0 unspecified atom stereocenters. The van der Waals surface area contributed by atoms with Crippen LogP contribution in [0.3, 0.4) is 0 Å². The number of carbonyl (C=O) groups is 3. The summed E-state index contributed by atoms with van der Waals surface area (Å²) in [6.07, 6.45) is 0.131. The fraction of sp³-hybridized carbons (Fsp3) is 0.452. The Kier molecular flexibility index (Phi) is 10.1. The normalized spacial score (nSPS) is 13.9. The van der Waals surface area contributed by atoms with Crippen LogP contribution < -0.4 is 4.74 Å². The van der Waals surface area contributed by atoms with Crippen LogP contribution >= 0.6 is 22.7 Å². The Labute approximate surface area is 265 Å². The predicted molar refractivity (Wildman–Crippen MR) is 171 cm³/mol. The van der Waals surface area contributed by atoms with E-state index < -0.39 is 11.2 Å². The van der Waals surface area contributed by atoms with Crippen LogP contribution in [0.1, 0.15) is 51.3 Å². The average molecular weight is 642 g/mol. The van der Waals surface area contributed by atoms with Crippen LogP contribution in [-0.4, -0.2) is 88.1 Å². The number of aromatic nitrogens is 1. The highest BCUT2D eigenvalue weighted by Gasteiger charge is 2.28. The van der Waals surface area contributed by atoms with E-state index in [0.29, 0.717) is 43.2 Å². The maximum atomic E-state index is 12.8. The summed E-state index contributed by atoms with van der Waals surface area (Å²) in [4.78, 5) is 52.0. The maximum absolute atomic E-state index is 12.8. The molecule has 2 aromatic heterocycles. The number of hydrogen-bond acceptors (Lipinski definition) is 10. The molecule has 13 heteroatoms. The van der Waals surface area contributed by atoms with Gasteiger partial charge in [-0.2, -0.15) is 5.06 Å². The molecule has 0 radical (unpaired) electrons. The molecule has 3 amide bonds. The van der Waals surface area contributed by atoms with Crippen LogP contribution in [0.15, 0.2) is 35.7 Å². The van der Waals surface area contributed by atoms with Gasteiger partial charge in [-0.15, -0.1) is 22.7 Å². The molecule has 11 nitrogen and oxygen atoms in total. The summed E-state index contributed by atoms with van der Waals surface area (Å²) in [7, 11) is 0. The second kappa shape index (κ2) is 13.4. The van der Waals surface area contributed by atoms with Gasteiger partial charge in [-0.1, -0.05) is 12.1 Å². The molecule has 0 atom stereocenters. The van der Waals surface area contributed by atoms with Gasteiger partial charge in [0.2, 0.25) is 6.41 Å². The van der Waals surface area contributed by atoms with E-state index in [0.717, 1.165) is 31.8 Å². The Morgan fingerprint density at radius 3 is 2.36 bits per heavy atom. The van der Waals surface area contributed by atoms with Crippen molar-refractivity contribution in [3.8, 4) is 27.6 Å². The van der Waals surface area contributed by atoms with E-state index in [-0.39, 0.29) is 24.4 Å². The number of piperazine rings is 1. The minimum Gasteiger partial charge on any atom is -0.484 e. The molecule has 1 aliphatic rings. The number of aryl methyl sites for hydroxylation is 1. The second-order valence-corrected chi connectivity index (χ2v) is 14.4. The highest BCUT2D eigenvalue weighted by molar-refractivity contribution is 7.16. The van der Waals surface area contributed by atoms with Crippen molar-refractivity contribution < 1.29 is 28.7 Å². The van der Waals surface area contributed by atoms with Crippen LogP contribution in [0.25, 0.3) is 21.8 Å². The van der Waals surface area contributed by atoms with Gasteiger partial charge in [0.15, 0.2) is 12.4 Å². The highest BCUT2D eigenvalue weighted by atomic mass is 32.1. The van der Waals surface area contributed by atoms with Gasteiger partial charge in [0.25, 0.3) is 5.91 Å². The van der Waals surface area contributed by atoms with E-state index in [1.54, 1.807) is 15.9 Å². The van der Waals surface area contributed by atoms with Crippen LogP contribution in [0.5, 0.6) is 5.75 Å². The monoisotopic (exact) mass is 641 g/mol. The summed E-state index contributed by atoms with van der Waals surface area (Å²) >= 11 is 2.88. The highest BCUT2D eigenvalue weighted by Crippen LogP contribution is 2.36. The third kappa shape index (κ3) is 8.64. The topological polar surface area (TPSA) is 125 Å². The molecule has 0 aliphatic carbocycles. The van der Waals surface area contributed by atoms with Crippen molar-refractivity contribution in [2.75, 3.05) is 32.8 Å². The zero-order valence-electron chi connectivity index (χ0n) is 26.1. The molecular weight excluding hydrogens is 603 g/mol. The fourth-order valence-electron chi connectivity index (χ4n) is 4.31. The molecule has 0 bridgehead atoms. The Morgan fingerprint density at radius 2 is 1.73 bits per heavy atom. The minimum absolute atomic E-state index is 0.0321. The number of benzene rings is 1. The van der Waals surface area contributed by atoms with Gasteiger partial charge < -0.3 is 19.3 Å². The van der Waals surface area contributed by atoms with Gasteiger partial charge in [0.1, 0.15) is 16.4 Å². The third-order valence-corrected chi connectivity index (χ3v) is 8.28. The zero-order valence-corrected chi connectivity index (χ0v) is 27.8. The molecule has 0 saturated carbocycles. The number of amidine groups is 1. The Balaban J connectivity index is 1.36. The molecule has 1 aliphatic heterocycles. The van der Waals surface area contributed by atoms with E-state index in [4.69, 9.17) is 24.7 Å². The van der Waals surface area contributed by atoms with Crippen molar-refractivity contribution in [2.45, 2.75) is 59.7 Å². The number of hydroxylamine groups is 2. The molecule has 236 valence electrons. The average Bonchev–Trinajstić information content (AvgIpc) is 3.60. The summed E-state index contributed by atoms with van der Waals surface area (Å²) < 4.78 is 11.3. The molecule has 1 N–H and O–H groups in total. The van der Waals surface area contributed by atoms with Gasteiger partial charge in [0, 0.05) is 47.6 Å². The number of ether oxygens (including phenoxy) is 2. The summed E-state index contributed by atoms with van der Waals surface area (Å²) in [5, 5.41) is 12.2. The van der Waals surface area contributed by atoms with Crippen LogP contribution in [0.2, 0.25) is 0 Å². The Morgan fingerprint density at radius 1 is 1.05 bits per heavy atom. The number of nitrogens with one attached hydrogen (secondary N) is 1. The molecular formula is C31H39N5O6S2. The van der Waals surface area contributed by atoms with Gasteiger partial charge in [-0.05, 0) is 66.7 Å². The summed E-state index contributed by atoms with van der Waals surface area (Å²) in [6.45, 7) is 14.4. The van der Waals surface area contributed by atoms with E-state index in [1.165, 1.54) is 22.7 Å². The number of thiazole rings is 1. The number of carbonyl (C=O) groups excluding carboxylic acids is 3. The molecule has 4 rings (SSSR count). The third-order valence-electron chi connectivity index (χ3n) is 6.35. The molecule has 3 aromatic rings. The lowest BCUT2D eigenvalue weighted by atomic mass is 10.1. The lowest BCUT2D eigenvalue weighted by molar-refractivity contribution is -0.183. The van der Waals surface area contributed by atoms with Crippen molar-refractivity contribution in [2.24, 2.45) is 0 Å². The smallest absolute Gasteiger partial charge is 0.410 e. The van der Waals surface area contributed by atoms with Crippen molar-refractivity contribution in [1.82, 2.24) is 19.8 Å². The largest absolute Gasteiger partial charge is 0.484 e. The number of nitrogens with zero attached hydrogens (tertiary/aromatic N) is 4. The zero-order chi connectivity index (χ0) is 32.2. The lowest BCUT2D eigenvalue weighted by Gasteiger charge is -2.35. The maximum Gasteiger partial charge on any atom is 0.410 e. The first-order chi connectivity index (χ1) is 20.6. The van der Waals surface area contributed by atoms with E-state index in [2.05, 4.69) is 0 Å². The van der Waals surface area contributed by atoms with E-state index in [1.807, 2.05) is 78.1 Å². The Bertz CT molecular complexity index is 1510. The number of hydrogen-bond donors (Lipinski definition) is 1. The van der Waals surface area contributed by atoms with Crippen molar-refractivity contribution in [3.05, 3.63) is 45.5 Å². The number of amides is 3. The second-order valence-electron chi connectivity index (χ2n) is 12.3. The lowest BCUT2D eigenvalue weighted by Crippen LogP contribution is -2.52. The van der Waals surface area contributed by atoms with Crippen LogP contribution in [-0.2, 0) is 19.2 Å². The minimum atomic E-state index is -0.628. The first-order valence-electron chi connectivity index (χ1n) is 14.2. The predicted octanol–water partition coefficient (Wildman–Crippen LogP) is 5.82. The van der Waals surface area contributed by atoms with E-state index in [9.17, 15) is 14.4 Å². The SMILES string of the molecule is Cc1sc(C(=N)N(C=O)OC(C)(C)C)cc1-c1nc(-c2cccc(OCC(=O)N3CCN(C(=O)OC(C)(C)C)CC3)c2)cs1.